The van der Waals surface area contributed by atoms with E-state index in [1.165, 1.54) is 0 Å². The molecular weight excluding hydrogens is 387 g/mol. The van der Waals surface area contributed by atoms with Gasteiger partial charge in [-0.2, -0.15) is 0 Å². The number of hydrogen-bond acceptors (Lipinski definition) is 4. The molecule has 0 atom stereocenters. The molecule has 0 aromatic heterocycles. The van der Waals surface area contributed by atoms with E-state index in [2.05, 4.69) is 5.32 Å². The third-order valence-electron chi connectivity index (χ3n) is 4.06. The quantitative estimate of drug-likeness (QED) is 0.730. The van der Waals surface area contributed by atoms with Crippen molar-refractivity contribution in [1.82, 2.24) is 4.90 Å². The second-order valence-corrected chi connectivity index (χ2v) is 8.11. The first-order valence-electron chi connectivity index (χ1n) is 8.50. The topological polar surface area (TPSA) is 58.6 Å². The van der Waals surface area contributed by atoms with Crippen LogP contribution in [0.5, 0.6) is 0 Å². The van der Waals surface area contributed by atoms with E-state index in [0.29, 0.717) is 22.2 Å². The second kappa shape index (κ2) is 7.41. The standard InChI is InChI=1S/C20H20Cl2N2O3/c1-20(2,3)27-19(26)24-11-12-7-8-13(9-14(12)18(24)25)23-10-15-16(21)5-4-6-17(15)22/h4-9,23H,10-11H2,1-3H3. The van der Waals surface area contributed by atoms with Gasteiger partial charge >= 0.3 is 6.09 Å². The molecule has 0 aliphatic carbocycles. The summed E-state index contributed by atoms with van der Waals surface area (Å²) in [6.07, 6.45) is -0.638. The Morgan fingerprint density at radius 3 is 2.48 bits per heavy atom. The molecule has 1 aliphatic heterocycles. The predicted octanol–water partition coefficient (Wildman–Crippen LogP) is 5.50. The molecule has 7 heteroatoms. The van der Waals surface area contributed by atoms with Gasteiger partial charge < -0.3 is 10.1 Å². The fourth-order valence-corrected chi connectivity index (χ4v) is 3.30. The van der Waals surface area contributed by atoms with Crippen molar-refractivity contribution in [3.8, 4) is 0 Å². The zero-order valence-electron chi connectivity index (χ0n) is 15.3. The number of nitrogens with one attached hydrogen (secondary N) is 1. The first kappa shape index (κ1) is 19.5. The van der Waals surface area contributed by atoms with Gasteiger partial charge in [0, 0.05) is 33.4 Å². The smallest absolute Gasteiger partial charge is 0.417 e. The number of amides is 2. The van der Waals surface area contributed by atoms with Gasteiger partial charge in [0.25, 0.3) is 5.91 Å². The fraction of sp³-hybridized carbons (Fsp3) is 0.300. The maximum absolute atomic E-state index is 12.6. The molecule has 0 bridgehead atoms. The van der Waals surface area contributed by atoms with Gasteiger partial charge in [0.05, 0.1) is 6.54 Å². The van der Waals surface area contributed by atoms with Gasteiger partial charge in [0.1, 0.15) is 5.60 Å². The molecule has 3 rings (SSSR count). The zero-order valence-corrected chi connectivity index (χ0v) is 16.8. The van der Waals surface area contributed by atoms with Crippen molar-refractivity contribution in [2.24, 2.45) is 0 Å². The molecule has 27 heavy (non-hydrogen) atoms. The van der Waals surface area contributed by atoms with Gasteiger partial charge in [-0.25, -0.2) is 9.69 Å². The number of fused-ring (bicyclic) bond motifs is 1. The number of rotatable bonds is 3. The van der Waals surface area contributed by atoms with Crippen molar-refractivity contribution in [2.45, 2.75) is 39.5 Å². The molecule has 2 aromatic carbocycles. The Labute approximate surface area is 168 Å². The minimum Gasteiger partial charge on any atom is -0.443 e. The zero-order chi connectivity index (χ0) is 19.8. The molecule has 1 heterocycles. The number of imide groups is 1. The van der Waals surface area contributed by atoms with Crippen LogP contribution >= 0.6 is 23.2 Å². The van der Waals surface area contributed by atoms with Crippen molar-refractivity contribution in [1.29, 1.82) is 0 Å². The van der Waals surface area contributed by atoms with Crippen LogP contribution in [0, 0.1) is 0 Å². The van der Waals surface area contributed by atoms with Crippen molar-refractivity contribution in [2.75, 3.05) is 5.32 Å². The average Bonchev–Trinajstić information content (AvgIpc) is 2.90. The lowest BCUT2D eigenvalue weighted by molar-refractivity contribution is 0.0248. The van der Waals surface area contributed by atoms with E-state index in [0.717, 1.165) is 21.7 Å². The summed E-state index contributed by atoms with van der Waals surface area (Å²) in [6, 6.07) is 10.7. The Bertz CT molecular complexity index is 886. The molecular formula is C20H20Cl2N2O3. The molecule has 0 spiro atoms. The number of carbonyl (C=O) groups is 2. The summed E-state index contributed by atoms with van der Waals surface area (Å²) in [5.74, 6) is -0.362. The number of halogens is 2. The van der Waals surface area contributed by atoms with Gasteiger partial charge in [-0.3, -0.25) is 4.79 Å². The minimum atomic E-state index is -0.660. The van der Waals surface area contributed by atoms with Crippen LogP contribution in [0.1, 0.15) is 42.3 Å². The van der Waals surface area contributed by atoms with E-state index in [1.807, 2.05) is 12.1 Å². The van der Waals surface area contributed by atoms with Crippen molar-refractivity contribution in [3.63, 3.8) is 0 Å². The van der Waals surface area contributed by atoms with E-state index >= 15 is 0 Å². The first-order chi connectivity index (χ1) is 12.7. The maximum Gasteiger partial charge on any atom is 0.417 e. The molecule has 0 saturated carbocycles. The summed E-state index contributed by atoms with van der Waals surface area (Å²) < 4.78 is 5.31. The third-order valence-corrected chi connectivity index (χ3v) is 4.77. The fourth-order valence-electron chi connectivity index (χ4n) is 2.77. The molecule has 1 N–H and O–H groups in total. The molecule has 0 saturated heterocycles. The number of anilines is 1. The second-order valence-electron chi connectivity index (χ2n) is 7.30. The van der Waals surface area contributed by atoms with Gasteiger partial charge in [0.15, 0.2) is 0 Å². The van der Waals surface area contributed by atoms with Crippen LogP contribution in [-0.4, -0.2) is 22.5 Å². The van der Waals surface area contributed by atoms with Crippen molar-refractivity contribution >= 4 is 40.9 Å². The minimum absolute atomic E-state index is 0.208. The number of ether oxygens (including phenoxy) is 1. The summed E-state index contributed by atoms with van der Waals surface area (Å²) in [5.41, 5.74) is 2.13. The normalized spacial score (nSPS) is 13.5. The highest BCUT2D eigenvalue weighted by Crippen LogP contribution is 2.29. The van der Waals surface area contributed by atoms with Crippen molar-refractivity contribution < 1.29 is 14.3 Å². The lowest BCUT2D eigenvalue weighted by Crippen LogP contribution is -2.36. The van der Waals surface area contributed by atoms with E-state index in [9.17, 15) is 9.59 Å². The molecule has 142 valence electrons. The molecule has 0 fully saturated rings. The van der Waals surface area contributed by atoms with Crippen LogP contribution in [-0.2, 0) is 17.8 Å². The summed E-state index contributed by atoms with van der Waals surface area (Å²) in [7, 11) is 0. The van der Waals surface area contributed by atoms with Gasteiger partial charge in [-0.05, 0) is 50.6 Å². The highest BCUT2D eigenvalue weighted by Gasteiger charge is 2.35. The Balaban J connectivity index is 1.74. The number of benzene rings is 2. The van der Waals surface area contributed by atoms with Crippen LogP contribution in [0.3, 0.4) is 0 Å². The molecule has 2 amide bonds. The molecule has 1 aliphatic rings. The Morgan fingerprint density at radius 1 is 1.19 bits per heavy atom. The Hall–Kier alpha value is -2.24. The molecule has 5 nitrogen and oxygen atoms in total. The van der Waals surface area contributed by atoms with E-state index in [1.54, 1.807) is 45.0 Å². The van der Waals surface area contributed by atoms with Crippen LogP contribution in [0.2, 0.25) is 10.0 Å². The van der Waals surface area contributed by atoms with E-state index < -0.39 is 11.7 Å². The lowest BCUT2D eigenvalue weighted by Gasteiger charge is -2.23. The largest absolute Gasteiger partial charge is 0.443 e. The Morgan fingerprint density at radius 2 is 1.85 bits per heavy atom. The monoisotopic (exact) mass is 406 g/mol. The van der Waals surface area contributed by atoms with Crippen LogP contribution in [0.4, 0.5) is 10.5 Å². The van der Waals surface area contributed by atoms with Gasteiger partial charge in [-0.15, -0.1) is 0 Å². The number of carbonyl (C=O) groups excluding carboxylic acids is 2. The van der Waals surface area contributed by atoms with Crippen LogP contribution < -0.4 is 5.32 Å². The van der Waals surface area contributed by atoms with E-state index in [-0.39, 0.29) is 12.5 Å². The molecule has 0 radical (unpaired) electrons. The number of nitrogens with zero attached hydrogens (tertiary/aromatic N) is 1. The Kier molecular flexibility index (Phi) is 5.36. The summed E-state index contributed by atoms with van der Waals surface area (Å²) in [4.78, 5) is 26.0. The van der Waals surface area contributed by atoms with Crippen molar-refractivity contribution in [3.05, 3.63) is 63.1 Å². The van der Waals surface area contributed by atoms with Crippen LogP contribution in [0.25, 0.3) is 0 Å². The summed E-state index contributed by atoms with van der Waals surface area (Å²) in [5, 5.41) is 4.36. The van der Waals surface area contributed by atoms with Crippen LogP contribution in [0.15, 0.2) is 36.4 Å². The third kappa shape index (κ3) is 4.37. The lowest BCUT2D eigenvalue weighted by atomic mass is 10.1. The highest BCUT2D eigenvalue weighted by molar-refractivity contribution is 6.36. The predicted molar refractivity (Wildman–Crippen MR) is 106 cm³/mol. The average molecular weight is 407 g/mol. The highest BCUT2D eigenvalue weighted by atomic mass is 35.5. The molecule has 2 aromatic rings. The molecule has 0 unspecified atom stereocenters. The van der Waals surface area contributed by atoms with Gasteiger partial charge in [0.2, 0.25) is 0 Å². The summed E-state index contributed by atoms with van der Waals surface area (Å²) in [6.45, 7) is 5.92. The van der Waals surface area contributed by atoms with E-state index in [4.69, 9.17) is 27.9 Å². The first-order valence-corrected chi connectivity index (χ1v) is 9.26. The maximum atomic E-state index is 12.6. The van der Waals surface area contributed by atoms with Gasteiger partial charge in [-0.1, -0.05) is 35.3 Å². The summed E-state index contributed by atoms with van der Waals surface area (Å²) >= 11 is 12.4. The number of hydrogen-bond donors (Lipinski definition) is 1. The SMILES string of the molecule is CC(C)(C)OC(=O)N1Cc2ccc(NCc3c(Cl)cccc3Cl)cc2C1=O.